The second-order valence-electron chi connectivity index (χ2n) is 5.49. The molecule has 1 aromatic heterocycles. The first kappa shape index (κ1) is 15.6. The number of rotatable bonds is 3. The molecule has 0 aliphatic carbocycles. The molecular weight excluding hydrogens is 386 g/mol. The number of aliphatic imine (C=N–C) groups is 1. The molecule has 1 aliphatic rings. The highest BCUT2D eigenvalue weighted by molar-refractivity contribution is 9.08. The van der Waals surface area contributed by atoms with E-state index in [-0.39, 0.29) is 5.69 Å². The Morgan fingerprint density at radius 3 is 2.68 bits per heavy atom. The molecular formula is C17H12BrN5O2. The number of hydrogen-bond acceptors (Lipinski definition) is 5. The van der Waals surface area contributed by atoms with Gasteiger partial charge in [-0.1, -0.05) is 46.3 Å². The van der Waals surface area contributed by atoms with Gasteiger partial charge >= 0.3 is 0 Å². The van der Waals surface area contributed by atoms with Crippen LogP contribution >= 0.6 is 15.9 Å². The Bertz CT molecular complexity index is 998. The summed E-state index contributed by atoms with van der Waals surface area (Å²) in [6.45, 7) is 0.354. The monoisotopic (exact) mass is 397 g/mol. The molecule has 1 aliphatic heterocycles. The highest BCUT2D eigenvalue weighted by Crippen LogP contribution is 2.29. The van der Waals surface area contributed by atoms with Crippen molar-refractivity contribution in [1.82, 2.24) is 14.8 Å². The number of hydrogen-bond donors (Lipinski definition) is 0. The SMILES string of the molecule is O=[N+]([O-])c1ccc2c(c1)C(c1ccccc1)=NCc1nnc(CBr)n1-2. The average molecular weight is 398 g/mol. The van der Waals surface area contributed by atoms with E-state index >= 15 is 0 Å². The van der Waals surface area contributed by atoms with Crippen molar-refractivity contribution in [2.75, 3.05) is 0 Å². The molecule has 8 heteroatoms. The molecule has 0 unspecified atom stereocenters. The quantitative estimate of drug-likeness (QED) is 0.384. The molecule has 0 atom stereocenters. The minimum Gasteiger partial charge on any atom is -0.280 e. The van der Waals surface area contributed by atoms with Gasteiger partial charge in [-0.3, -0.25) is 19.7 Å². The van der Waals surface area contributed by atoms with Crippen LogP contribution in [0.4, 0.5) is 5.69 Å². The lowest BCUT2D eigenvalue weighted by Gasteiger charge is -2.12. The summed E-state index contributed by atoms with van der Waals surface area (Å²) in [6.07, 6.45) is 0. The van der Waals surface area contributed by atoms with Gasteiger partial charge < -0.3 is 0 Å². The van der Waals surface area contributed by atoms with E-state index in [1.807, 2.05) is 34.9 Å². The second-order valence-corrected chi connectivity index (χ2v) is 6.05. The van der Waals surface area contributed by atoms with Crippen LogP contribution in [0.5, 0.6) is 0 Å². The third-order valence-corrected chi connectivity index (χ3v) is 4.53. The third kappa shape index (κ3) is 2.64. The summed E-state index contributed by atoms with van der Waals surface area (Å²) in [5.41, 5.74) is 3.13. The van der Waals surface area contributed by atoms with Crippen LogP contribution in [0.3, 0.4) is 0 Å². The van der Waals surface area contributed by atoms with Gasteiger partial charge in [0, 0.05) is 23.3 Å². The number of nitro benzene ring substituents is 1. The number of benzene rings is 2. The zero-order valence-corrected chi connectivity index (χ0v) is 14.5. The van der Waals surface area contributed by atoms with Crippen LogP contribution in [0.25, 0.3) is 5.69 Å². The highest BCUT2D eigenvalue weighted by atomic mass is 79.9. The lowest BCUT2D eigenvalue weighted by molar-refractivity contribution is -0.384. The van der Waals surface area contributed by atoms with Crippen molar-refractivity contribution in [3.05, 3.63) is 81.4 Å². The van der Waals surface area contributed by atoms with Gasteiger partial charge in [0.2, 0.25) is 0 Å². The van der Waals surface area contributed by atoms with Crippen LogP contribution < -0.4 is 0 Å². The molecule has 25 heavy (non-hydrogen) atoms. The summed E-state index contributed by atoms with van der Waals surface area (Å²) in [6, 6.07) is 14.4. The lowest BCUT2D eigenvalue weighted by Crippen LogP contribution is -2.09. The number of fused-ring (bicyclic) bond motifs is 3. The van der Waals surface area contributed by atoms with Crippen LogP contribution in [0.1, 0.15) is 22.8 Å². The van der Waals surface area contributed by atoms with Crippen LogP contribution in [0.15, 0.2) is 53.5 Å². The maximum absolute atomic E-state index is 11.3. The smallest absolute Gasteiger partial charge is 0.270 e. The van der Waals surface area contributed by atoms with E-state index in [9.17, 15) is 10.1 Å². The van der Waals surface area contributed by atoms with Gasteiger partial charge in [0.15, 0.2) is 5.82 Å². The van der Waals surface area contributed by atoms with E-state index in [0.29, 0.717) is 29.0 Å². The summed E-state index contributed by atoms with van der Waals surface area (Å²) in [5.74, 6) is 1.44. The number of nitro groups is 1. The average Bonchev–Trinajstić information content (AvgIpc) is 2.98. The van der Waals surface area contributed by atoms with Crippen molar-refractivity contribution in [2.45, 2.75) is 11.9 Å². The van der Waals surface area contributed by atoms with Crippen molar-refractivity contribution >= 4 is 27.3 Å². The Kier molecular flexibility index (Phi) is 3.89. The predicted molar refractivity (Wildman–Crippen MR) is 96.4 cm³/mol. The number of non-ortho nitro benzene ring substituents is 1. The molecule has 0 radical (unpaired) electrons. The highest BCUT2D eigenvalue weighted by Gasteiger charge is 2.24. The molecule has 124 valence electrons. The summed E-state index contributed by atoms with van der Waals surface area (Å²) in [4.78, 5) is 15.5. The van der Waals surface area contributed by atoms with Crippen LogP contribution in [-0.4, -0.2) is 25.4 Å². The van der Waals surface area contributed by atoms with Crippen LogP contribution in [0, 0.1) is 10.1 Å². The normalized spacial score (nSPS) is 12.8. The van der Waals surface area contributed by atoms with Gasteiger partial charge in [0.05, 0.1) is 21.7 Å². The van der Waals surface area contributed by atoms with Gasteiger partial charge in [-0.05, 0) is 6.07 Å². The fourth-order valence-electron chi connectivity index (χ4n) is 2.92. The molecule has 0 spiro atoms. The van der Waals surface area contributed by atoms with Crippen molar-refractivity contribution < 1.29 is 4.92 Å². The molecule has 0 amide bonds. The van der Waals surface area contributed by atoms with Gasteiger partial charge in [0.1, 0.15) is 12.4 Å². The number of aromatic nitrogens is 3. The molecule has 7 nitrogen and oxygen atoms in total. The zero-order valence-electron chi connectivity index (χ0n) is 13.0. The molecule has 0 saturated heterocycles. The van der Waals surface area contributed by atoms with Crippen molar-refractivity contribution in [3.8, 4) is 5.69 Å². The molecule has 3 aromatic rings. The molecule has 4 rings (SSSR count). The Balaban J connectivity index is 2.01. The topological polar surface area (TPSA) is 86.2 Å². The van der Waals surface area contributed by atoms with Gasteiger partial charge in [-0.15, -0.1) is 10.2 Å². The molecule has 0 bridgehead atoms. The molecule has 0 N–H and O–H groups in total. The van der Waals surface area contributed by atoms with Crippen molar-refractivity contribution in [3.63, 3.8) is 0 Å². The summed E-state index contributed by atoms with van der Waals surface area (Å²) in [7, 11) is 0. The first-order valence-electron chi connectivity index (χ1n) is 7.57. The Morgan fingerprint density at radius 1 is 1.16 bits per heavy atom. The fourth-order valence-corrected chi connectivity index (χ4v) is 3.28. The largest absolute Gasteiger partial charge is 0.280 e. The first-order chi connectivity index (χ1) is 12.2. The minimum absolute atomic E-state index is 0.0271. The Labute approximate surface area is 151 Å². The molecule has 2 aromatic carbocycles. The first-order valence-corrected chi connectivity index (χ1v) is 8.69. The van der Waals surface area contributed by atoms with E-state index in [1.54, 1.807) is 12.1 Å². The van der Waals surface area contributed by atoms with Gasteiger partial charge in [-0.2, -0.15) is 0 Å². The van der Waals surface area contributed by atoms with Crippen LogP contribution in [-0.2, 0) is 11.9 Å². The van der Waals surface area contributed by atoms with Crippen LogP contribution in [0.2, 0.25) is 0 Å². The fraction of sp³-hybridized carbons (Fsp3) is 0.118. The standard InChI is InChI=1S/C17H12BrN5O2/c18-9-15-20-21-16-10-19-17(11-4-2-1-3-5-11)13-8-12(23(24)25)6-7-14(13)22(15)16/h1-8H,9-10H2. The number of alkyl halides is 1. The summed E-state index contributed by atoms with van der Waals surface area (Å²) in [5, 5.41) is 20.2. The number of halogens is 1. The third-order valence-electron chi connectivity index (χ3n) is 4.03. The Hall–Kier alpha value is -2.87. The van der Waals surface area contributed by atoms with E-state index in [0.717, 1.165) is 17.1 Å². The van der Waals surface area contributed by atoms with E-state index in [4.69, 9.17) is 0 Å². The van der Waals surface area contributed by atoms with Crippen molar-refractivity contribution in [2.24, 2.45) is 4.99 Å². The summed E-state index contributed by atoms with van der Waals surface area (Å²) < 4.78 is 1.91. The molecule has 2 heterocycles. The molecule has 0 fully saturated rings. The Morgan fingerprint density at radius 2 is 1.96 bits per heavy atom. The summed E-state index contributed by atoms with van der Waals surface area (Å²) >= 11 is 3.42. The maximum Gasteiger partial charge on any atom is 0.270 e. The minimum atomic E-state index is -0.397. The second kappa shape index (κ2) is 6.21. The van der Waals surface area contributed by atoms with Gasteiger partial charge in [0.25, 0.3) is 5.69 Å². The lowest BCUT2D eigenvalue weighted by atomic mass is 10.00. The number of nitrogens with zero attached hydrogens (tertiary/aromatic N) is 5. The van der Waals surface area contributed by atoms with Crippen molar-refractivity contribution in [1.29, 1.82) is 0 Å². The zero-order chi connectivity index (χ0) is 17.4. The van der Waals surface area contributed by atoms with E-state index in [2.05, 4.69) is 31.1 Å². The molecule has 0 saturated carbocycles. The van der Waals surface area contributed by atoms with E-state index < -0.39 is 4.92 Å². The van der Waals surface area contributed by atoms with E-state index in [1.165, 1.54) is 6.07 Å². The predicted octanol–water partition coefficient (Wildman–Crippen LogP) is 3.42. The maximum atomic E-state index is 11.3. The van der Waals surface area contributed by atoms with Gasteiger partial charge in [-0.25, -0.2) is 0 Å².